The smallest absolute Gasteiger partial charge is 0.325 e. The second kappa shape index (κ2) is 5.75. The van der Waals surface area contributed by atoms with Gasteiger partial charge in [-0.1, -0.05) is 6.07 Å². The third-order valence-electron chi connectivity index (χ3n) is 1.65. The average Bonchev–Trinajstić information content (AvgIpc) is 2.17. The predicted octanol–water partition coefficient (Wildman–Crippen LogP) is 1.75. The zero-order valence-corrected chi connectivity index (χ0v) is 9.19. The molecule has 0 unspecified atom stereocenters. The normalized spacial score (nSPS) is 9.69. The molecule has 1 aromatic carbocycles. The second-order valence-electron chi connectivity index (χ2n) is 3.41. The Kier molecular flexibility index (Phi) is 4.32. The van der Waals surface area contributed by atoms with Gasteiger partial charge in [0.05, 0.1) is 6.10 Å². The zero-order valence-electron chi connectivity index (χ0n) is 9.19. The van der Waals surface area contributed by atoms with E-state index in [-0.39, 0.29) is 6.10 Å². The molecule has 0 heterocycles. The summed E-state index contributed by atoms with van der Waals surface area (Å²) >= 11 is 0. The van der Waals surface area contributed by atoms with Gasteiger partial charge in [-0.15, -0.1) is 0 Å². The number of carbonyl (C=O) groups excluding carboxylic acids is 2. The van der Waals surface area contributed by atoms with Crippen LogP contribution >= 0.6 is 0 Å². The van der Waals surface area contributed by atoms with E-state index in [9.17, 15) is 9.59 Å². The van der Waals surface area contributed by atoms with Crippen LogP contribution in [-0.2, 0) is 4.79 Å². The number of imide groups is 1. The number of urea groups is 1. The van der Waals surface area contributed by atoms with Gasteiger partial charge >= 0.3 is 6.03 Å². The molecular formula is C11H14N2O3. The molecule has 5 nitrogen and oxygen atoms in total. The van der Waals surface area contributed by atoms with Gasteiger partial charge in [0.2, 0.25) is 6.41 Å². The maximum atomic E-state index is 11.1. The van der Waals surface area contributed by atoms with Crippen LogP contribution < -0.4 is 15.4 Å². The van der Waals surface area contributed by atoms with Crippen molar-refractivity contribution in [2.45, 2.75) is 20.0 Å². The van der Waals surface area contributed by atoms with Gasteiger partial charge < -0.3 is 10.1 Å². The Morgan fingerprint density at radius 3 is 2.81 bits per heavy atom. The summed E-state index contributed by atoms with van der Waals surface area (Å²) in [5.41, 5.74) is 0.567. The van der Waals surface area contributed by atoms with Gasteiger partial charge in [0.25, 0.3) is 0 Å². The molecule has 0 saturated carbocycles. The van der Waals surface area contributed by atoms with E-state index in [1.54, 1.807) is 24.3 Å². The molecule has 2 N–H and O–H groups in total. The highest BCUT2D eigenvalue weighted by atomic mass is 16.5. The Bertz CT molecular complexity index is 377. The van der Waals surface area contributed by atoms with Gasteiger partial charge in [-0.05, 0) is 26.0 Å². The van der Waals surface area contributed by atoms with Crippen LogP contribution in [-0.4, -0.2) is 18.5 Å². The minimum atomic E-state index is -0.573. The molecule has 1 rings (SSSR count). The topological polar surface area (TPSA) is 67.4 Å². The van der Waals surface area contributed by atoms with Gasteiger partial charge in [-0.25, -0.2) is 4.79 Å². The monoisotopic (exact) mass is 222 g/mol. The van der Waals surface area contributed by atoms with Crippen molar-refractivity contribution in [2.75, 3.05) is 5.32 Å². The fourth-order valence-electron chi connectivity index (χ4n) is 1.14. The summed E-state index contributed by atoms with van der Waals surface area (Å²) in [7, 11) is 0. The number of anilines is 1. The lowest BCUT2D eigenvalue weighted by Gasteiger charge is -2.11. The molecule has 86 valence electrons. The van der Waals surface area contributed by atoms with Crippen molar-refractivity contribution >= 4 is 18.1 Å². The molecule has 0 aliphatic carbocycles. The van der Waals surface area contributed by atoms with Crippen molar-refractivity contribution in [3.05, 3.63) is 24.3 Å². The highest BCUT2D eigenvalue weighted by Gasteiger charge is 2.02. The first-order chi connectivity index (χ1) is 7.61. The van der Waals surface area contributed by atoms with Crippen LogP contribution in [0.3, 0.4) is 0 Å². The number of hydrogen-bond donors (Lipinski definition) is 2. The van der Waals surface area contributed by atoms with Crippen molar-refractivity contribution in [2.24, 2.45) is 0 Å². The molecular weight excluding hydrogens is 208 g/mol. The van der Waals surface area contributed by atoms with Crippen molar-refractivity contribution in [3.8, 4) is 5.75 Å². The molecule has 0 spiro atoms. The van der Waals surface area contributed by atoms with Gasteiger partial charge in [0.1, 0.15) is 5.75 Å². The first-order valence-corrected chi connectivity index (χ1v) is 4.89. The Labute approximate surface area is 93.8 Å². The quantitative estimate of drug-likeness (QED) is 0.762. The molecule has 0 aliphatic heterocycles. The first-order valence-electron chi connectivity index (χ1n) is 4.89. The minimum absolute atomic E-state index is 0.0686. The number of nitrogens with one attached hydrogen (secondary N) is 2. The minimum Gasteiger partial charge on any atom is -0.491 e. The summed E-state index contributed by atoms with van der Waals surface area (Å²) in [5.74, 6) is 0.666. The van der Waals surface area contributed by atoms with E-state index in [2.05, 4.69) is 5.32 Å². The van der Waals surface area contributed by atoms with E-state index in [0.717, 1.165) is 0 Å². The summed E-state index contributed by atoms with van der Waals surface area (Å²) in [5, 5.41) is 4.48. The molecule has 0 atom stereocenters. The van der Waals surface area contributed by atoms with Crippen LogP contribution in [0, 0.1) is 0 Å². The molecule has 0 aromatic heterocycles. The van der Waals surface area contributed by atoms with Gasteiger partial charge in [0.15, 0.2) is 0 Å². The van der Waals surface area contributed by atoms with Crippen molar-refractivity contribution < 1.29 is 14.3 Å². The zero-order chi connectivity index (χ0) is 12.0. The van der Waals surface area contributed by atoms with Gasteiger partial charge in [-0.3, -0.25) is 10.1 Å². The molecule has 5 heteroatoms. The number of amides is 3. The van der Waals surface area contributed by atoms with E-state index >= 15 is 0 Å². The van der Waals surface area contributed by atoms with E-state index in [0.29, 0.717) is 17.8 Å². The summed E-state index contributed by atoms with van der Waals surface area (Å²) < 4.78 is 5.46. The highest BCUT2D eigenvalue weighted by molar-refractivity contribution is 5.95. The SMILES string of the molecule is CC(C)Oc1cccc(NC(=O)NC=O)c1. The Balaban J connectivity index is 2.66. The van der Waals surface area contributed by atoms with E-state index in [1.807, 2.05) is 19.2 Å². The molecule has 0 fully saturated rings. The van der Waals surface area contributed by atoms with E-state index < -0.39 is 6.03 Å². The van der Waals surface area contributed by atoms with E-state index in [4.69, 9.17) is 4.74 Å². The number of benzene rings is 1. The van der Waals surface area contributed by atoms with Gasteiger partial charge in [-0.2, -0.15) is 0 Å². The van der Waals surface area contributed by atoms with Crippen LogP contribution in [0.1, 0.15) is 13.8 Å². The number of carbonyl (C=O) groups is 2. The lowest BCUT2D eigenvalue weighted by Crippen LogP contribution is -2.27. The first kappa shape index (κ1) is 12.0. The van der Waals surface area contributed by atoms with Crippen LogP contribution in [0.15, 0.2) is 24.3 Å². The van der Waals surface area contributed by atoms with Crippen molar-refractivity contribution in [3.63, 3.8) is 0 Å². The molecule has 1 aromatic rings. The largest absolute Gasteiger partial charge is 0.491 e. The Hall–Kier alpha value is -2.04. The van der Waals surface area contributed by atoms with Crippen molar-refractivity contribution in [1.29, 1.82) is 0 Å². The molecule has 16 heavy (non-hydrogen) atoms. The van der Waals surface area contributed by atoms with E-state index in [1.165, 1.54) is 0 Å². The summed E-state index contributed by atoms with van der Waals surface area (Å²) in [4.78, 5) is 21.1. The fraction of sp³-hybridized carbons (Fsp3) is 0.273. The number of rotatable bonds is 4. The molecule has 0 bridgehead atoms. The third-order valence-corrected chi connectivity index (χ3v) is 1.65. The Morgan fingerprint density at radius 2 is 2.19 bits per heavy atom. The summed E-state index contributed by atoms with van der Waals surface area (Å²) in [6.45, 7) is 3.83. The average molecular weight is 222 g/mol. The van der Waals surface area contributed by atoms with Crippen molar-refractivity contribution in [1.82, 2.24) is 5.32 Å². The highest BCUT2D eigenvalue weighted by Crippen LogP contribution is 2.18. The lowest BCUT2D eigenvalue weighted by molar-refractivity contribution is -0.108. The second-order valence-corrected chi connectivity index (χ2v) is 3.41. The standard InChI is InChI=1S/C11H14N2O3/c1-8(2)16-10-5-3-4-9(6-10)13-11(15)12-7-14/h3-8H,1-2H3,(H2,12,13,14,15). The number of hydrogen-bond acceptors (Lipinski definition) is 3. The fourth-order valence-corrected chi connectivity index (χ4v) is 1.14. The van der Waals surface area contributed by atoms with Gasteiger partial charge in [0, 0.05) is 11.8 Å². The van der Waals surface area contributed by atoms with Crippen LogP contribution in [0.25, 0.3) is 0 Å². The van der Waals surface area contributed by atoms with Crippen LogP contribution in [0.2, 0.25) is 0 Å². The maximum Gasteiger partial charge on any atom is 0.325 e. The number of ether oxygens (including phenoxy) is 1. The molecule has 0 aliphatic rings. The predicted molar refractivity (Wildman–Crippen MR) is 60.4 cm³/mol. The third kappa shape index (κ3) is 4.00. The molecule has 3 amide bonds. The van der Waals surface area contributed by atoms with Crippen LogP contribution in [0.4, 0.5) is 10.5 Å². The molecule has 0 saturated heterocycles. The van der Waals surface area contributed by atoms with Crippen LogP contribution in [0.5, 0.6) is 5.75 Å². The molecule has 0 radical (unpaired) electrons. The lowest BCUT2D eigenvalue weighted by atomic mass is 10.3. The Morgan fingerprint density at radius 1 is 1.44 bits per heavy atom. The summed E-state index contributed by atoms with van der Waals surface area (Å²) in [6, 6.07) is 6.37. The summed E-state index contributed by atoms with van der Waals surface area (Å²) in [6.07, 6.45) is 0.392. The maximum absolute atomic E-state index is 11.1.